The number of nitrogens with zero attached hydrogens (tertiary/aromatic N) is 1. The number of unbranched alkanes of at least 4 members (excludes halogenated alkanes) is 1. The number of rotatable bonds is 4. The maximum atomic E-state index is 10.7. The number of hydrogen-bond donors (Lipinski definition) is 1. The van der Waals surface area contributed by atoms with Gasteiger partial charge in [-0.15, -0.1) is 0 Å². The summed E-state index contributed by atoms with van der Waals surface area (Å²) in [6.45, 7) is 5.68. The summed E-state index contributed by atoms with van der Waals surface area (Å²) in [6.07, 6.45) is 2.19. The van der Waals surface area contributed by atoms with Gasteiger partial charge in [0.2, 0.25) is 0 Å². The van der Waals surface area contributed by atoms with Crippen molar-refractivity contribution in [2.45, 2.75) is 26.7 Å². The van der Waals surface area contributed by atoms with Crippen molar-refractivity contribution in [2.75, 3.05) is 13.1 Å². The Morgan fingerprint density at radius 2 is 2.10 bits per heavy atom. The zero-order valence-corrected chi connectivity index (χ0v) is 7.53. The molecule has 0 spiro atoms. The second-order valence-electron chi connectivity index (χ2n) is 2.22. The zero-order valence-electron chi connectivity index (χ0n) is 6.63. The third-order valence-electron chi connectivity index (χ3n) is 1.43. The maximum absolute atomic E-state index is 10.7. The zero-order chi connectivity index (χ0) is 7.98. The Hall–Kier alpha value is -0.180. The van der Waals surface area contributed by atoms with Gasteiger partial charge in [0.05, 0.1) is 0 Å². The lowest BCUT2D eigenvalue weighted by molar-refractivity contribution is 0.225. The Morgan fingerprint density at radius 1 is 1.50 bits per heavy atom. The minimum Gasteiger partial charge on any atom is -0.334 e. The Kier molecular flexibility index (Phi) is 5.49. The molecule has 0 atom stereocenters. The van der Waals surface area contributed by atoms with E-state index in [-0.39, 0.29) is 5.24 Å². The van der Waals surface area contributed by atoms with Crippen LogP contribution in [0.2, 0.25) is 0 Å². The van der Waals surface area contributed by atoms with Crippen LogP contribution in [0.25, 0.3) is 0 Å². The first-order chi connectivity index (χ1) is 4.72. The summed E-state index contributed by atoms with van der Waals surface area (Å²) in [6, 6.07) is 0. The van der Waals surface area contributed by atoms with Gasteiger partial charge in [0.15, 0.2) is 0 Å². The van der Waals surface area contributed by atoms with Gasteiger partial charge >= 0.3 is 0 Å². The first kappa shape index (κ1) is 9.82. The molecule has 2 nitrogen and oxygen atoms in total. The number of carbonyl (C=O) groups excluding carboxylic acids is 1. The molecule has 0 unspecified atom stereocenters. The molecule has 3 heteroatoms. The summed E-state index contributed by atoms with van der Waals surface area (Å²) < 4.78 is 0. The second kappa shape index (κ2) is 5.59. The molecule has 0 aliphatic rings. The van der Waals surface area contributed by atoms with Gasteiger partial charge in [0.1, 0.15) is 0 Å². The van der Waals surface area contributed by atoms with Gasteiger partial charge in [-0.25, -0.2) is 0 Å². The average molecular weight is 161 g/mol. The smallest absolute Gasteiger partial charge is 0.278 e. The van der Waals surface area contributed by atoms with Crippen LogP contribution in [-0.4, -0.2) is 23.2 Å². The van der Waals surface area contributed by atoms with Gasteiger partial charge in [-0.05, 0) is 13.3 Å². The first-order valence-electron chi connectivity index (χ1n) is 3.70. The maximum Gasteiger partial charge on any atom is 0.278 e. The van der Waals surface area contributed by atoms with Crippen LogP contribution < -0.4 is 0 Å². The summed E-state index contributed by atoms with van der Waals surface area (Å²) >= 11 is 3.73. The van der Waals surface area contributed by atoms with Crippen LogP contribution in [0.1, 0.15) is 26.7 Å². The van der Waals surface area contributed by atoms with E-state index in [0.29, 0.717) is 0 Å². The van der Waals surface area contributed by atoms with E-state index >= 15 is 0 Å². The lowest BCUT2D eigenvalue weighted by Gasteiger charge is -2.16. The highest BCUT2D eigenvalue weighted by molar-refractivity contribution is 7.96. The van der Waals surface area contributed by atoms with E-state index in [1.165, 1.54) is 0 Å². The van der Waals surface area contributed by atoms with E-state index in [2.05, 4.69) is 19.6 Å². The Bertz CT molecular complexity index is 106. The van der Waals surface area contributed by atoms with Crippen LogP contribution in [0.4, 0.5) is 4.79 Å². The lowest BCUT2D eigenvalue weighted by atomic mass is 10.3. The number of amides is 1. The molecule has 0 heterocycles. The summed E-state index contributed by atoms with van der Waals surface area (Å²) in [5.41, 5.74) is 0. The molecule has 0 aliphatic carbocycles. The van der Waals surface area contributed by atoms with Gasteiger partial charge < -0.3 is 4.90 Å². The topological polar surface area (TPSA) is 20.3 Å². The fraction of sp³-hybridized carbons (Fsp3) is 0.857. The summed E-state index contributed by atoms with van der Waals surface area (Å²) in [5, 5.41) is -0.115. The third-order valence-corrected chi connectivity index (χ3v) is 1.72. The quantitative estimate of drug-likeness (QED) is 0.626. The number of hydrogen-bond acceptors (Lipinski definition) is 1. The largest absolute Gasteiger partial charge is 0.334 e. The minimum absolute atomic E-state index is 0.115. The van der Waals surface area contributed by atoms with E-state index in [4.69, 9.17) is 0 Å². The van der Waals surface area contributed by atoms with Crippen molar-refractivity contribution in [1.82, 2.24) is 4.90 Å². The van der Waals surface area contributed by atoms with Gasteiger partial charge in [0.25, 0.3) is 5.24 Å². The van der Waals surface area contributed by atoms with E-state index < -0.39 is 0 Å². The van der Waals surface area contributed by atoms with Crippen LogP contribution in [0.15, 0.2) is 0 Å². The standard InChI is InChI=1S/C7H15NOS/c1-3-5-6-8(4-2)7(9)10/h3-6H2,1-2H3,(H,9,10). The Balaban J connectivity index is 3.50. The normalized spacial score (nSPS) is 9.50. The lowest BCUT2D eigenvalue weighted by Crippen LogP contribution is -2.26. The van der Waals surface area contributed by atoms with Crippen molar-refractivity contribution in [3.63, 3.8) is 0 Å². The minimum atomic E-state index is -0.115. The number of thiol groups is 1. The van der Waals surface area contributed by atoms with Crippen molar-refractivity contribution in [2.24, 2.45) is 0 Å². The second-order valence-corrected chi connectivity index (χ2v) is 2.60. The highest BCUT2D eigenvalue weighted by atomic mass is 32.1. The molecule has 0 radical (unpaired) electrons. The molecule has 0 saturated heterocycles. The van der Waals surface area contributed by atoms with E-state index in [9.17, 15) is 4.79 Å². The van der Waals surface area contributed by atoms with E-state index in [1.807, 2.05) is 6.92 Å². The molecule has 0 aromatic carbocycles. The highest BCUT2D eigenvalue weighted by Gasteiger charge is 2.03. The molecule has 0 rings (SSSR count). The Morgan fingerprint density at radius 3 is 2.40 bits per heavy atom. The van der Waals surface area contributed by atoms with Crippen LogP contribution in [0.3, 0.4) is 0 Å². The van der Waals surface area contributed by atoms with Crippen LogP contribution in [-0.2, 0) is 0 Å². The average Bonchev–Trinajstić information content (AvgIpc) is 1.89. The molecule has 0 aromatic rings. The first-order valence-corrected chi connectivity index (χ1v) is 4.15. The van der Waals surface area contributed by atoms with Crippen LogP contribution in [0.5, 0.6) is 0 Å². The molecule has 0 bridgehead atoms. The summed E-state index contributed by atoms with van der Waals surface area (Å²) in [4.78, 5) is 12.4. The molecule has 0 fully saturated rings. The monoisotopic (exact) mass is 161 g/mol. The fourth-order valence-corrected chi connectivity index (χ4v) is 0.979. The van der Waals surface area contributed by atoms with Crippen LogP contribution in [0, 0.1) is 0 Å². The molecular formula is C7H15NOS. The molecule has 0 saturated carbocycles. The molecular weight excluding hydrogens is 146 g/mol. The van der Waals surface area contributed by atoms with Crippen molar-refractivity contribution >= 4 is 17.9 Å². The van der Waals surface area contributed by atoms with Crippen molar-refractivity contribution < 1.29 is 4.79 Å². The number of carbonyl (C=O) groups is 1. The third kappa shape index (κ3) is 3.77. The van der Waals surface area contributed by atoms with Crippen LogP contribution >= 0.6 is 12.6 Å². The molecule has 0 aromatic heterocycles. The van der Waals surface area contributed by atoms with E-state index in [1.54, 1.807) is 4.90 Å². The predicted octanol–water partition coefficient (Wildman–Crippen LogP) is 2.16. The van der Waals surface area contributed by atoms with Crippen molar-refractivity contribution in [1.29, 1.82) is 0 Å². The van der Waals surface area contributed by atoms with Crippen molar-refractivity contribution in [3.8, 4) is 0 Å². The van der Waals surface area contributed by atoms with Crippen molar-refractivity contribution in [3.05, 3.63) is 0 Å². The molecule has 0 aliphatic heterocycles. The Labute approximate surface area is 68.0 Å². The van der Waals surface area contributed by atoms with Gasteiger partial charge in [-0.3, -0.25) is 4.79 Å². The molecule has 10 heavy (non-hydrogen) atoms. The van der Waals surface area contributed by atoms with Gasteiger partial charge in [-0.2, -0.15) is 0 Å². The summed E-state index contributed by atoms with van der Waals surface area (Å²) in [7, 11) is 0. The predicted molar refractivity (Wildman–Crippen MR) is 46.5 cm³/mol. The van der Waals surface area contributed by atoms with E-state index in [0.717, 1.165) is 25.9 Å². The fourth-order valence-electron chi connectivity index (χ4n) is 0.738. The molecule has 1 amide bonds. The SMILES string of the molecule is CCCCN(CC)C(=O)S. The molecule has 60 valence electrons. The summed E-state index contributed by atoms with van der Waals surface area (Å²) in [5.74, 6) is 0. The highest BCUT2D eigenvalue weighted by Crippen LogP contribution is 1.98. The molecule has 0 N–H and O–H groups in total. The van der Waals surface area contributed by atoms with Gasteiger partial charge in [0, 0.05) is 13.1 Å². The van der Waals surface area contributed by atoms with Gasteiger partial charge in [-0.1, -0.05) is 26.0 Å².